The lowest BCUT2D eigenvalue weighted by atomic mass is 9.96. The van der Waals surface area contributed by atoms with E-state index in [9.17, 15) is 0 Å². The molecule has 0 radical (unpaired) electrons. The summed E-state index contributed by atoms with van der Waals surface area (Å²) < 4.78 is 13.2. The van der Waals surface area contributed by atoms with Gasteiger partial charge >= 0.3 is 0 Å². The topological polar surface area (TPSA) is 65.0 Å². The molecule has 1 aliphatic rings. The number of fused-ring (bicyclic) bond motifs is 6. The highest BCUT2D eigenvalue weighted by Crippen LogP contribution is 2.44. The first kappa shape index (κ1) is 32.8. The first-order valence-electron chi connectivity index (χ1n) is 18.0. The van der Waals surface area contributed by atoms with Crippen LogP contribution in [0.5, 0.6) is 0 Å². The lowest BCUT2D eigenvalue weighted by Gasteiger charge is -2.10. The van der Waals surface area contributed by atoms with E-state index in [0.717, 1.165) is 89.3 Å². The van der Waals surface area contributed by atoms with Crippen molar-refractivity contribution in [1.82, 2.24) is 15.0 Å². The van der Waals surface area contributed by atoms with E-state index < -0.39 is 0 Å². The third kappa shape index (κ3) is 6.12. The molecule has 0 bridgehead atoms. The molecule has 1 aliphatic carbocycles. The van der Waals surface area contributed by atoms with Crippen LogP contribution in [0, 0.1) is 0 Å². The van der Waals surface area contributed by atoms with Gasteiger partial charge in [-0.1, -0.05) is 153 Å². The highest BCUT2D eigenvalue weighted by molar-refractivity contribution is 6.18. The van der Waals surface area contributed by atoms with Gasteiger partial charge in [0.15, 0.2) is 11.6 Å². The molecule has 9 rings (SSSR count). The van der Waals surface area contributed by atoms with E-state index in [1.807, 2.05) is 97.1 Å². The van der Waals surface area contributed by atoms with Crippen molar-refractivity contribution >= 4 is 43.9 Å². The third-order valence-corrected chi connectivity index (χ3v) is 9.76. The van der Waals surface area contributed by atoms with Crippen molar-refractivity contribution in [3.8, 4) is 33.9 Å². The van der Waals surface area contributed by atoms with E-state index in [0.29, 0.717) is 23.9 Å². The smallest absolute Gasteiger partial charge is 0.164 e. The zero-order chi connectivity index (χ0) is 36.4. The molecule has 8 aromatic rings. The summed E-state index contributed by atoms with van der Waals surface area (Å²) in [6.07, 6.45) is 19.7. The van der Waals surface area contributed by atoms with Crippen molar-refractivity contribution in [3.63, 3.8) is 0 Å². The number of para-hydroxylation sites is 3. The van der Waals surface area contributed by atoms with E-state index >= 15 is 0 Å². The SMILES string of the molecule is C=CC1=C(\C=C/Cc2nc(-c3ccccc3)nc(-c3ccc(-c4cccc5c4oc4ccccc45)c4oc5ccccc5c34)n2)C/C=C\C=C/C(=C)/C=C\1. The van der Waals surface area contributed by atoms with Gasteiger partial charge in [-0.05, 0) is 47.4 Å². The van der Waals surface area contributed by atoms with Crippen LogP contribution in [0.25, 0.3) is 77.8 Å². The molecule has 0 spiro atoms. The molecule has 0 aliphatic heterocycles. The van der Waals surface area contributed by atoms with Gasteiger partial charge in [0.25, 0.3) is 0 Å². The van der Waals surface area contributed by atoms with E-state index in [2.05, 4.69) is 79.9 Å². The molecule has 5 aromatic carbocycles. The standard InChI is InChI=1S/C49H35N3O2/c1-3-33-29-28-32(2)16-6-4-7-17-34(33)20-14-27-44-50-48(35-18-8-5-9-19-35)52-49(51-44)41-31-30-39(47-45(41)40-22-11-13-26-43(40)54-47)38-24-15-23-37-36-21-10-12-25-42(36)53-46(37)38/h3-16,18-26,28-31H,1-2,17,27H2/b7-4-,16-6-,20-14-,29-28-,34-33+. The molecule has 258 valence electrons. The van der Waals surface area contributed by atoms with Crippen LogP contribution in [0.1, 0.15) is 12.2 Å². The monoisotopic (exact) mass is 697 g/mol. The Labute approximate surface area is 313 Å². The molecule has 3 heterocycles. The molecule has 54 heavy (non-hydrogen) atoms. The summed E-state index contributed by atoms with van der Waals surface area (Å²) in [5, 5.41) is 4.08. The summed E-state index contributed by atoms with van der Waals surface area (Å²) in [5.74, 6) is 1.86. The molecule has 0 saturated heterocycles. The summed E-state index contributed by atoms with van der Waals surface area (Å²) in [7, 11) is 0. The van der Waals surface area contributed by atoms with Gasteiger partial charge in [-0.15, -0.1) is 0 Å². The molecule has 5 nitrogen and oxygen atoms in total. The predicted octanol–water partition coefficient (Wildman–Crippen LogP) is 12.9. The summed E-state index contributed by atoms with van der Waals surface area (Å²) in [6, 6.07) is 36.8. The molecule has 5 heteroatoms. The highest BCUT2D eigenvalue weighted by atomic mass is 16.3. The van der Waals surface area contributed by atoms with Crippen molar-refractivity contribution in [1.29, 1.82) is 0 Å². The fourth-order valence-electron chi connectivity index (χ4n) is 7.13. The van der Waals surface area contributed by atoms with E-state index in [1.54, 1.807) is 0 Å². The molecule has 3 aromatic heterocycles. The lowest BCUT2D eigenvalue weighted by Crippen LogP contribution is -2.03. The highest BCUT2D eigenvalue weighted by Gasteiger charge is 2.22. The summed E-state index contributed by atoms with van der Waals surface area (Å²) >= 11 is 0. The molecular weight excluding hydrogens is 663 g/mol. The molecular formula is C49H35N3O2. The quantitative estimate of drug-likeness (QED) is 0.166. The first-order valence-corrected chi connectivity index (χ1v) is 18.0. The van der Waals surface area contributed by atoms with Gasteiger partial charge in [0.1, 0.15) is 28.2 Å². The second kappa shape index (κ2) is 14.1. The van der Waals surface area contributed by atoms with Crippen LogP contribution in [0.15, 0.2) is 203 Å². The lowest BCUT2D eigenvalue weighted by molar-refractivity contribution is 0.665. The van der Waals surface area contributed by atoms with Crippen LogP contribution in [0.3, 0.4) is 0 Å². The maximum absolute atomic E-state index is 6.71. The minimum Gasteiger partial charge on any atom is -0.455 e. The fourth-order valence-corrected chi connectivity index (χ4v) is 7.13. The molecule has 0 atom stereocenters. The predicted molar refractivity (Wildman–Crippen MR) is 222 cm³/mol. The van der Waals surface area contributed by atoms with Gasteiger partial charge in [-0.2, -0.15) is 0 Å². The maximum Gasteiger partial charge on any atom is 0.164 e. The number of furan rings is 2. The van der Waals surface area contributed by atoms with Crippen molar-refractivity contribution in [3.05, 3.63) is 200 Å². The Morgan fingerprint density at radius 1 is 0.611 bits per heavy atom. The molecule has 0 fully saturated rings. The Balaban J connectivity index is 1.19. The van der Waals surface area contributed by atoms with E-state index in [1.165, 1.54) is 0 Å². The van der Waals surface area contributed by atoms with Crippen LogP contribution in [-0.2, 0) is 6.42 Å². The van der Waals surface area contributed by atoms with E-state index in [-0.39, 0.29) is 0 Å². The maximum atomic E-state index is 6.71. The van der Waals surface area contributed by atoms with Gasteiger partial charge in [-0.25, -0.2) is 15.0 Å². The van der Waals surface area contributed by atoms with Crippen LogP contribution >= 0.6 is 0 Å². The van der Waals surface area contributed by atoms with Crippen LogP contribution < -0.4 is 0 Å². The summed E-state index contributed by atoms with van der Waals surface area (Å²) in [4.78, 5) is 15.2. The zero-order valence-corrected chi connectivity index (χ0v) is 29.6. The average Bonchev–Trinajstić information content (AvgIpc) is 3.80. The normalized spacial score (nSPS) is 16.8. The van der Waals surface area contributed by atoms with Crippen LogP contribution in [0.2, 0.25) is 0 Å². The van der Waals surface area contributed by atoms with Gasteiger partial charge in [0, 0.05) is 50.2 Å². The largest absolute Gasteiger partial charge is 0.455 e. The number of nitrogens with zero attached hydrogens (tertiary/aromatic N) is 3. The third-order valence-electron chi connectivity index (χ3n) is 9.76. The van der Waals surface area contributed by atoms with E-state index in [4.69, 9.17) is 23.8 Å². The van der Waals surface area contributed by atoms with Crippen LogP contribution in [-0.4, -0.2) is 15.0 Å². The summed E-state index contributed by atoms with van der Waals surface area (Å²) in [5.41, 5.74) is 10.0. The zero-order valence-electron chi connectivity index (χ0n) is 29.6. The number of aromatic nitrogens is 3. The van der Waals surface area contributed by atoms with Crippen molar-refractivity contribution in [2.75, 3.05) is 0 Å². The second-order valence-electron chi connectivity index (χ2n) is 13.2. The molecule has 0 unspecified atom stereocenters. The first-order chi connectivity index (χ1) is 26.6. The van der Waals surface area contributed by atoms with Crippen molar-refractivity contribution in [2.45, 2.75) is 12.8 Å². The summed E-state index contributed by atoms with van der Waals surface area (Å²) in [6.45, 7) is 8.18. The van der Waals surface area contributed by atoms with Crippen LogP contribution in [0.4, 0.5) is 0 Å². The van der Waals surface area contributed by atoms with Gasteiger partial charge in [-0.3, -0.25) is 0 Å². The van der Waals surface area contributed by atoms with Crippen molar-refractivity contribution in [2.24, 2.45) is 0 Å². The molecule has 0 saturated carbocycles. The fraction of sp³-hybridized carbons (Fsp3) is 0.0408. The number of allylic oxidation sites excluding steroid dienone is 12. The molecule has 0 N–H and O–H groups in total. The molecule has 0 amide bonds. The number of benzene rings is 5. The Morgan fingerprint density at radius 2 is 1.31 bits per heavy atom. The Kier molecular flexibility index (Phi) is 8.58. The Bertz CT molecular complexity index is 2910. The average molecular weight is 698 g/mol. The number of rotatable bonds is 7. The van der Waals surface area contributed by atoms with Gasteiger partial charge < -0.3 is 8.83 Å². The number of hydrogen-bond acceptors (Lipinski definition) is 5. The van der Waals surface area contributed by atoms with Gasteiger partial charge in [0.05, 0.1) is 0 Å². The van der Waals surface area contributed by atoms with Crippen molar-refractivity contribution < 1.29 is 8.83 Å². The Morgan fingerprint density at radius 3 is 2.17 bits per heavy atom. The Hall–Kier alpha value is -7.11. The minimum atomic E-state index is 0.505. The minimum absolute atomic E-state index is 0.505. The van der Waals surface area contributed by atoms with Gasteiger partial charge in [0.2, 0.25) is 0 Å². The number of hydrogen-bond donors (Lipinski definition) is 0. The second-order valence-corrected chi connectivity index (χ2v) is 13.2.